The summed E-state index contributed by atoms with van der Waals surface area (Å²) in [5, 5.41) is 12.3. The van der Waals surface area contributed by atoms with Crippen molar-refractivity contribution in [3.8, 4) is 5.75 Å². The van der Waals surface area contributed by atoms with E-state index < -0.39 is 0 Å². The van der Waals surface area contributed by atoms with Crippen LogP contribution in [0.15, 0.2) is 17.3 Å². The summed E-state index contributed by atoms with van der Waals surface area (Å²) in [6.07, 6.45) is 2.26. The number of methoxy groups -OCH3 is 1. The molecule has 1 aliphatic carbocycles. The molecule has 4 nitrogen and oxygen atoms in total. The lowest BCUT2D eigenvalue weighted by molar-refractivity contribution is 0.279. The topological polar surface area (TPSA) is 58.9 Å². The van der Waals surface area contributed by atoms with E-state index >= 15 is 0 Å². The number of benzene rings is 1. The highest BCUT2D eigenvalue weighted by Gasteiger charge is 2.28. The maximum absolute atomic E-state index is 10.4. The van der Waals surface area contributed by atoms with Crippen LogP contribution in [0.1, 0.15) is 35.4 Å². The van der Waals surface area contributed by atoms with Crippen molar-refractivity contribution < 1.29 is 9.84 Å². The molecule has 4 heteroatoms. The first-order valence-corrected chi connectivity index (χ1v) is 5.39. The van der Waals surface area contributed by atoms with Crippen molar-refractivity contribution in [1.82, 2.24) is 0 Å². The molecule has 0 spiro atoms. The number of hydrogen-bond acceptors (Lipinski definition) is 4. The van der Waals surface area contributed by atoms with E-state index in [1.54, 1.807) is 7.11 Å². The summed E-state index contributed by atoms with van der Waals surface area (Å²) in [5.74, 6) is 1.16. The number of aliphatic hydroxyl groups excluding tert-OH is 1. The van der Waals surface area contributed by atoms with Gasteiger partial charge in [-0.2, -0.15) is 4.91 Å². The predicted molar refractivity (Wildman–Crippen MR) is 60.4 cm³/mol. The first-order valence-electron chi connectivity index (χ1n) is 5.39. The number of ether oxygens (including phenoxy) is 1. The SMILES string of the molecule is COc1cc(CO)c(C2CC2)c(CN=O)c1. The standard InChI is InChI=1S/C12H15NO3/c1-16-11-4-9(6-13-15)12(8-2-3-8)10(5-11)7-14/h4-5,8,14H,2-3,6-7H2,1H3. The Kier molecular flexibility index (Phi) is 3.19. The van der Waals surface area contributed by atoms with Gasteiger partial charge in [0, 0.05) is 0 Å². The summed E-state index contributed by atoms with van der Waals surface area (Å²) >= 11 is 0. The van der Waals surface area contributed by atoms with Gasteiger partial charge in [0.1, 0.15) is 12.3 Å². The first-order chi connectivity index (χ1) is 7.80. The molecule has 1 aromatic rings. The second-order valence-corrected chi connectivity index (χ2v) is 4.08. The zero-order valence-electron chi connectivity index (χ0n) is 9.27. The van der Waals surface area contributed by atoms with E-state index in [1.165, 1.54) is 0 Å². The molecule has 2 rings (SSSR count). The van der Waals surface area contributed by atoms with Gasteiger partial charge in [0.2, 0.25) is 0 Å². The van der Waals surface area contributed by atoms with Gasteiger partial charge in [-0.1, -0.05) is 5.18 Å². The minimum absolute atomic E-state index is 0.0190. The van der Waals surface area contributed by atoms with Gasteiger partial charge in [-0.15, -0.1) is 0 Å². The molecule has 0 heterocycles. The van der Waals surface area contributed by atoms with Crippen molar-refractivity contribution in [3.63, 3.8) is 0 Å². The Hall–Kier alpha value is -1.42. The molecule has 1 aliphatic rings. The first kappa shape index (κ1) is 11.1. The van der Waals surface area contributed by atoms with Gasteiger partial charge in [-0.05, 0) is 47.6 Å². The number of hydrogen-bond donors (Lipinski definition) is 1. The third-order valence-corrected chi connectivity index (χ3v) is 2.95. The van der Waals surface area contributed by atoms with Gasteiger partial charge < -0.3 is 9.84 Å². The molecule has 1 N–H and O–H groups in total. The largest absolute Gasteiger partial charge is 0.497 e. The monoisotopic (exact) mass is 221 g/mol. The van der Waals surface area contributed by atoms with Crippen molar-refractivity contribution >= 4 is 0 Å². The zero-order chi connectivity index (χ0) is 11.5. The Morgan fingerprint density at radius 2 is 2.12 bits per heavy atom. The number of aliphatic hydroxyl groups is 1. The quantitative estimate of drug-likeness (QED) is 0.776. The van der Waals surface area contributed by atoms with E-state index in [0.717, 1.165) is 29.5 Å². The highest BCUT2D eigenvalue weighted by atomic mass is 16.5. The maximum atomic E-state index is 10.4. The zero-order valence-corrected chi connectivity index (χ0v) is 9.27. The molecular weight excluding hydrogens is 206 g/mol. The van der Waals surface area contributed by atoms with E-state index in [9.17, 15) is 10.0 Å². The van der Waals surface area contributed by atoms with Crippen molar-refractivity contribution in [2.75, 3.05) is 7.11 Å². The van der Waals surface area contributed by atoms with Crippen LogP contribution in [0.2, 0.25) is 0 Å². The third kappa shape index (κ3) is 2.07. The molecule has 1 aromatic carbocycles. The molecule has 1 saturated carbocycles. The van der Waals surface area contributed by atoms with E-state index in [1.807, 2.05) is 12.1 Å². The van der Waals surface area contributed by atoms with Gasteiger partial charge in [-0.3, -0.25) is 0 Å². The van der Waals surface area contributed by atoms with Crippen LogP contribution < -0.4 is 4.74 Å². The molecule has 0 amide bonds. The summed E-state index contributed by atoms with van der Waals surface area (Å²) in [5.41, 5.74) is 2.85. The van der Waals surface area contributed by atoms with Crippen LogP contribution in [0.3, 0.4) is 0 Å². The van der Waals surface area contributed by atoms with E-state index in [4.69, 9.17) is 4.74 Å². The fraction of sp³-hybridized carbons (Fsp3) is 0.500. The van der Waals surface area contributed by atoms with Gasteiger partial charge in [0.15, 0.2) is 0 Å². The van der Waals surface area contributed by atoms with Crippen LogP contribution in [0.25, 0.3) is 0 Å². The Bertz CT molecular complexity index is 399. The normalized spacial score (nSPS) is 14.9. The van der Waals surface area contributed by atoms with Gasteiger partial charge in [0.25, 0.3) is 0 Å². The number of nitroso groups, excluding NO2 is 1. The van der Waals surface area contributed by atoms with Gasteiger partial charge in [-0.25, -0.2) is 0 Å². The maximum Gasteiger partial charge on any atom is 0.119 e. The van der Waals surface area contributed by atoms with E-state index in [2.05, 4.69) is 5.18 Å². The highest BCUT2D eigenvalue weighted by molar-refractivity contribution is 5.45. The third-order valence-electron chi connectivity index (χ3n) is 2.95. The molecule has 0 atom stereocenters. The van der Waals surface area contributed by atoms with Crippen LogP contribution in [-0.2, 0) is 13.2 Å². The summed E-state index contributed by atoms with van der Waals surface area (Å²) in [6.45, 7) is 0.130. The summed E-state index contributed by atoms with van der Waals surface area (Å²) in [4.78, 5) is 10.4. The second-order valence-electron chi connectivity index (χ2n) is 4.08. The average molecular weight is 221 g/mol. The smallest absolute Gasteiger partial charge is 0.119 e. The Labute approximate surface area is 94.2 Å². The fourth-order valence-electron chi connectivity index (χ4n) is 2.09. The van der Waals surface area contributed by atoms with Crippen molar-refractivity contribution in [3.05, 3.63) is 33.7 Å². The van der Waals surface area contributed by atoms with Gasteiger partial charge >= 0.3 is 0 Å². The number of nitrogens with zero attached hydrogens (tertiary/aromatic N) is 1. The Morgan fingerprint density at radius 3 is 2.62 bits per heavy atom. The lowest BCUT2D eigenvalue weighted by Crippen LogP contribution is -2.00. The molecule has 16 heavy (non-hydrogen) atoms. The van der Waals surface area contributed by atoms with Crippen molar-refractivity contribution in [1.29, 1.82) is 0 Å². The highest BCUT2D eigenvalue weighted by Crippen LogP contribution is 2.44. The van der Waals surface area contributed by atoms with Crippen LogP contribution in [0.4, 0.5) is 0 Å². The van der Waals surface area contributed by atoms with Gasteiger partial charge in [0.05, 0.1) is 13.7 Å². The van der Waals surface area contributed by atoms with Crippen molar-refractivity contribution in [2.24, 2.45) is 5.18 Å². The minimum atomic E-state index is -0.0190. The molecule has 0 unspecified atom stereocenters. The van der Waals surface area contributed by atoms with E-state index in [-0.39, 0.29) is 13.2 Å². The molecule has 1 fully saturated rings. The summed E-state index contributed by atoms with van der Waals surface area (Å²) < 4.78 is 5.14. The molecule has 0 radical (unpaired) electrons. The Morgan fingerprint density at radius 1 is 1.44 bits per heavy atom. The Balaban J connectivity index is 2.47. The lowest BCUT2D eigenvalue weighted by atomic mass is 9.96. The average Bonchev–Trinajstić information content (AvgIpc) is 3.12. The minimum Gasteiger partial charge on any atom is -0.497 e. The summed E-state index contributed by atoms with van der Waals surface area (Å²) in [7, 11) is 1.57. The van der Waals surface area contributed by atoms with Crippen molar-refractivity contribution in [2.45, 2.75) is 31.9 Å². The number of rotatable bonds is 5. The van der Waals surface area contributed by atoms with Crippen LogP contribution in [-0.4, -0.2) is 12.2 Å². The molecule has 0 aromatic heterocycles. The van der Waals surface area contributed by atoms with Crippen LogP contribution in [0, 0.1) is 4.91 Å². The molecule has 0 aliphatic heterocycles. The second kappa shape index (κ2) is 4.61. The molecule has 0 bridgehead atoms. The molecule has 86 valence electrons. The predicted octanol–water partition coefficient (Wildman–Crippen LogP) is 2.33. The summed E-state index contributed by atoms with van der Waals surface area (Å²) in [6, 6.07) is 3.68. The van der Waals surface area contributed by atoms with Crippen LogP contribution in [0.5, 0.6) is 5.75 Å². The fourth-order valence-corrected chi connectivity index (χ4v) is 2.09. The van der Waals surface area contributed by atoms with E-state index in [0.29, 0.717) is 11.7 Å². The molecular formula is C12H15NO3. The lowest BCUT2D eigenvalue weighted by Gasteiger charge is -2.13. The molecule has 0 saturated heterocycles. The van der Waals surface area contributed by atoms with Crippen LogP contribution >= 0.6 is 0 Å².